The van der Waals surface area contributed by atoms with E-state index in [4.69, 9.17) is 4.74 Å². The van der Waals surface area contributed by atoms with Crippen molar-refractivity contribution in [2.75, 3.05) is 7.11 Å². The molecule has 0 aliphatic carbocycles. The molecule has 4 heteroatoms. The quantitative estimate of drug-likeness (QED) is 0.515. The molecule has 0 aliphatic rings. The summed E-state index contributed by atoms with van der Waals surface area (Å²) in [5, 5.41) is 1.09. The van der Waals surface area contributed by atoms with Crippen LogP contribution in [0.3, 0.4) is 0 Å². The van der Waals surface area contributed by atoms with Gasteiger partial charge in [-0.1, -0.05) is 48.2 Å². The molecule has 0 spiro atoms. The standard InChI is InChI=1S/C20H16N2OS/c1-23-20-18(24-16-11-6-3-7-12-16)17-13-8-14-21-19(17)22(20)15-9-4-2-5-10-15/h2-14H,1H3. The molecule has 2 aromatic heterocycles. The van der Waals surface area contributed by atoms with E-state index in [0.717, 1.165) is 27.5 Å². The summed E-state index contributed by atoms with van der Waals surface area (Å²) in [6, 6.07) is 24.6. The minimum atomic E-state index is 0.809. The van der Waals surface area contributed by atoms with E-state index >= 15 is 0 Å². The van der Waals surface area contributed by atoms with E-state index in [-0.39, 0.29) is 0 Å². The number of rotatable bonds is 4. The van der Waals surface area contributed by atoms with Crippen molar-refractivity contribution in [3.63, 3.8) is 0 Å². The molecule has 2 heterocycles. The Morgan fingerprint density at radius 3 is 2.29 bits per heavy atom. The highest BCUT2D eigenvalue weighted by atomic mass is 32.2. The Labute approximate surface area is 144 Å². The Hall–Kier alpha value is -2.72. The zero-order valence-electron chi connectivity index (χ0n) is 13.2. The molecule has 4 rings (SSSR count). The van der Waals surface area contributed by atoms with Gasteiger partial charge >= 0.3 is 0 Å². The highest BCUT2D eigenvalue weighted by Gasteiger charge is 2.20. The molecule has 0 bridgehead atoms. The summed E-state index contributed by atoms with van der Waals surface area (Å²) in [5.41, 5.74) is 1.94. The SMILES string of the molecule is COc1c(Sc2ccccc2)c2cccnc2n1-c1ccccc1. The van der Waals surface area contributed by atoms with Crippen LogP contribution in [0.5, 0.6) is 5.88 Å². The fraction of sp³-hybridized carbons (Fsp3) is 0.0500. The Bertz CT molecular complexity index is 965. The molecule has 3 nitrogen and oxygen atoms in total. The number of hydrogen-bond donors (Lipinski definition) is 0. The molecule has 118 valence electrons. The minimum Gasteiger partial charge on any atom is -0.481 e. The number of hydrogen-bond acceptors (Lipinski definition) is 3. The van der Waals surface area contributed by atoms with Crippen LogP contribution in [0.1, 0.15) is 0 Å². The van der Waals surface area contributed by atoms with Gasteiger partial charge in [-0.25, -0.2) is 4.98 Å². The zero-order valence-corrected chi connectivity index (χ0v) is 14.0. The average Bonchev–Trinajstić information content (AvgIpc) is 2.97. The van der Waals surface area contributed by atoms with Crippen LogP contribution < -0.4 is 4.74 Å². The molecule has 0 saturated carbocycles. The molecule has 0 aliphatic heterocycles. The molecule has 2 aromatic carbocycles. The van der Waals surface area contributed by atoms with E-state index in [1.807, 2.05) is 48.7 Å². The maximum atomic E-state index is 5.79. The first kappa shape index (κ1) is 14.8. The van der Waals surface area contributed by atoms with E-state index in [0.29, 0.717) is 0 Å². The van der Waals surface area contributed by atoms with Gasteiger partial charge in [0.25, 0.3) is 0 Å². The Morgan fingerprint density at radius 2 is 1.58 bits per heavy atom. The van der Waals surface area contributed by atoms with Crippen molar-refractivity contribution in [2.45, 2.75) is 9.79 Å². The van der Waals surface area contributed by atoms with Gasteiger partial charge in [0.2, 0.25) is 5.88 Å². The largest absolute Gasteiger partial charge is 0.481 e. The normalized spacial score (nSPS) is 10.9. The van der Waals surface area contributed by atoms with Crippen LogP contribution in [0.4, 0.5) is 0 Å². The van der Waals surface area contributed by atoms with Crippen LogP contribution in [0.2, 0.25) is 0 Å². The van der Waals surface area contributed by atoms with Gasteiger partial charge in [0, 0.05) is 16.5 Å². The average molecular weight is 332 g/mol. The summed E-state index contributed by atoms with van der Waals surface area (Å²) in [6.45, 7) is 0. The smallest absolute Gasteiger partial charge is 0.214 e. The minimum absolute atomic E-state index is 0.809. The van der Waals surface area contributed by atoms with E-state index in [1.54, 1.807) is 18.9 Å². The number of ether oxygens (including phenoxy) is 1. The van der Waals surface area contributed by atoms with Gasteiger partial charge in [-0.15, -0.1) is 0 Å². The lowest BCUT2D eigenvalue weighted by atomic mass is 10.3. The van der Waals surface area contributed by atoms with E-state index < -0.39 is 0 Å². The predicted molar refractivity (Wildman–Crippen MR) is 98.2 cm³/mol. The molecule has 0 N–H and O–H groups in total. The summed E-state index contributed by atoms with van der Waals surface area (Å²) in [7, 11) is 1.71. The van der Waals surface area contributed by atoms with Crippen LogP contribution in [0.15, 0.2) is 88.8 Å². The third-order valence-electron chi connectivity index (χ3n) is 3.81. The van der Waals surface area contributed by atoms with Crippen LogP contribution in [-0.4, -0.2) is 16.7 Å². The molecular formula is C20H16N2OS. The van der Waals surface area contributed by atoms with Crippen molar-refractivity contribution in [1.82, 2.24) is 9.55 Å². The lowest BCUT2D eigenvalue weighted by Crippen LogP contribution is -1.98. The Kier molecular flexibility index (Phi) is 3.97. The predicted octanol–water partition coefficient (Wildman–Crippen LogP) is 5.19. The Morgan fingerprint density at radius 1 is 0.875 bits per heavy atom. The summed E-state index contributed by atoms with van der Waals surface area (Å²) in [4.78, 5) is 6.85. The molecule has 0 radical (unpaired) electrons. The topological polar surface area (TPSA) is 27.1 Å². The number of nitrogens with zero attached hydrogens (tertiary/aromatic N) is 2. The summed E-state index contributed by atoms with van der Waals surface area (Å²) < 4.78 is 7.86. The number of para-hydroxylation sites is 1. The first-order valence-corrected chi connectivity index (χ1v) is 8.52. The molecule has 0 unspecified atom stereocenters. The van der Waals surface area contributed by atoms with E-state index in [9.17, 15) is 0 Å². The zero-order chi connectivity index (χ0) is 16.4. The number of fused-ring (bicyclic) bond motifs is 1. The van der Waals surface area contributed by atoms with Gasteiger partial charge in [0.05, 0.1) is 17.7 Å². The number of pyridine rings is 1. The number of methoxy groups -OCH3 is 1. The van der Waals surface area contributed by atoms with Crippen LogP contribution >= 0.6 is 11.8 Å². The first-order valence-electron chi connectivity index (χ1n) is 7.70. The molecule has 0 amide bonds. The summed E-state index contributed by atoms with van der Waals surface area (Å²) >= 11 is 1.70. The van der Waals surface area contributed by atoms with Gasteiger partial charge in [-0.05, 0) is 36.4 Å². The second kappa shape index (κ2) is 6.42. The van der Waals surface area contributed by atoms with Gasteiger partial charge in [0.15, 0.2) is 0 Å². The maximum absolute atomic E-state index is 5.79. The van der Waals surface area contributed by atoms with Crippen molar-refractivity contribution < 1.29 is 4.74 Å². The number of aromatic nitrogens is 2. The lowest BCUT2D eigenvalue weighted by Gasteiger charge is -2.10. The summed E-state index contributed by atoms with van der Waals surface area (Å²) in [5.74, 6) is 0.809. The highest BCUT2D eigenvalue weighted by molar-refractivity contribution is 7.99. The molecule has 0 saturated heterocycles. The van der Waals surface area contributed by atoms with Crippen molar-refractivity contribution in [2.24, 2.45) is 0 Å². The third-order valence-corrected chi connectivity index (χ3v) is 4.92. The van der Waals surface area contributed by atoms with Crippen LogP contribution in [0.25, 0.3) is 16.7 Å². The van der Waals surface area contributed by atoms with Gasteiger partial charge in [-0.2, -0.15) is 0 Å². The van der Waals surface area contributed by atoms with Crippen LogP contribution in [-0.2, 0) is 0 Å². The van der Waals surface area contributed by atoms with Gasteiger partial charge in [0.1, 0.15) is 5.65 Å². The molecule has 0 atom stereocenters. The van der Waals surface area contributed by atoms with Gasteiger partial charge in [-0.3, -0.25) is 4.57 Å². The lowest BCUT2D eigenvalue weighted by molar-refractivity contribution is 0.382. The third kappa shape index (κ3) is 2.55. The highest BCUT2D eigenvalue weighted by Crippen LogP contribution is 2.43. The summed E-state index contributed by atoms with van der Waals surface area (Å²) in [6.07, 6.45) is 1.82. The monoisotopic (exact) mass is 332 g/mol. The second-order valence-corrected chi connectivity index (χ2v) is 6.38. The number of benzene rings is 2. The van der Waals surface area contributed by atoms with Crippen molar-refractivity contribution >= 4 is 22.8 Å². The second-order valence-electron chi connectivity index (χ2n) is 5.30. The maximum Gasteiger partial charge on any atom is 0.214 e. The molecular weight excluding hydrogens is 316 g/mol. The molecule has 4 aromatic rings. The van der Waals surface area contributed by atoms with E-state index in [1.165, 1.54) is 4.90 Å². The Balaban J connectivity index is 1.97. The van der Waals surface area contributed by atoms with Crippen molar-refractivity contribution in [1.29, 1.82) is 0 Å². The molecule has 24 heavy (non-hydrogen) atoms. The first-order chi connectivity index (χ1) is 11.9. The van der Waals surface area contributed by atoms with E-state index in [2.05, 4.69) is 39.9 Å². The fourth-order valence-corrected chi connectivity index (χ4v) is 3.83. The van der Waals surface area contributed by atoms with Crippen molar-refractivity contribution in [3.05, 3.63) is 79.0 Å². The van der Waals surface area contributed by atoms with Gasteiger partial charge < -0.3 is 4.74 Å². The molecule has 0 fully saturated rings. The van der Waals surface area contributed by atoms with Crippen molar-refractivity contribution in [3.8, 4) is 11.6 Å². The fourth-order valence-electron chi connectivity index (χ4n) is 2.77. The van der Waals surface area contributed by atoms with Crippen LogP contribution in [0, 0.1) is 0 Å².